The van der Waals surface area contributed by atoms with Gasteiger partial charge in [-0.1, -0.05) is 71.7 Å². The van der Waals surface area contributed by atoms with E-state index in [1.165, 1.54) is 6.21 Å². The van der Waals surface area contributed by atoms with E-state index in [1.807, 2.05) is 48.5 Å². The SMILES string of the molecule is O=C(NCc1ccccc1)C(=O)N/N=C\c1ccccc1OCc1ccc(Cl)c(Cl)c1. The average molecular weight is 456 g/mol. The van der Waals surface area contributed by atoms with Crippen LogP contribution in [0.15, 0.2) is 77.9 Å². The molecule has 3 aromatic carbocycles. The maximum absolute atomic E-state index is 11.9. The number of carbonyl (C=O) groups is 2. The van der Waals surface area contributed by atoms with Crippen LogP contribution in [-0.4, -0.2) is 18.0 Å². The number of para-hydroxylation sites is 1. The summed E-state index contributed by atoms with van der Waals surface area (Å²) in [6.45, 7) is 0.526. The first kappa shape index (κ1) is 22.3. The molecular formula is C23H19Cl2N3O3. The molecule has 2 amide bonds. The zero-order valence-electron chi connectivity index (χ0n) is 16.3. The van der Waals surface area contributed by atoms with Gasteiger partial charge in [0, 0.05) is 12.1 Å². The van der Waals surface area contributed by atoms with Gasteiger partial charge >= 0.3 is 11.8 Å². The van der Waals surface area contributed by atoms with Gasteiger partial charge in [0.25, 0.3) is 0 Å². The summed E-state index contributed by atoms with van der Waals surface area (Å²) in [5.41, 5.74) is 4.59. The molecule has 3 rings (SSSR count). The molecule has 8 heteroatoms. The molecule has 0 saturated heterocycles. The van der Waals surface area contributed by atoms with Gasteiger partial charge in [-0.2, -0.15) is 5.10 Å². The highest BCUT2D eigenvalue weighted by molar-refractivity contribution is 6.42. The monoisotopic (exact) mass is 455 g/mol. The Balaban J connectivity index is 1.53. The van der Waals surface area contributed by atoms with Crippen LogP contribution < -0.4 is 15.5 Å². The van der Waals surface area contributed by atoms with E-state index in [0.29, 0.717) is 21.4 Å². The fourth-order valence-corrected chi connectivity index (χ4v) is 2.90. The van der Waals surface area contributed by atoms with E-state index in [9.17, 15) is 9.59 Å². The normalized spacial score (nSPS) is 10.6. The minimum Gasteiger partial charge on any atom is -0.488 e. The van der Waals surface area contributed by atoms with Gasteiger partial charge < -0.3 is 10.1 Å². The molecule has 0 radical (unpaired) electrons. The number of amides is 2. The molecule has 0 heterocycles. The van der Waals surface area contributed by atoms with E-state index in [1.54, 1.807) is 24.3 Å². The largest absolute Gasteiger partial charge is 0.488 e. The molecule has 6 nitrogen and oxygen atoms in total. The Morgan fingerprint density at radius 2 is 1.61 bits per heavy atom. The first-order valence-corrected chi connectivity index (χ1v) is 10.1. The summed E-state index contributed by atoms with van der Waals surface area (Å²) in [6, 6.07) is 21.7. The summed E-state index contributed by atoms with van der Waals surface area (Å²) in [6.07, 6.45) is 1.41. The van der Waals surface area contributed by atoms with Crippen molar-refractivity contribution in [3.8, 4) is 5.75 Å². The highest BCUT2D eigenvalue weighted by Crippen LogP contribution is 2.24. The topological polar surface area (TPSA) is 79.8 Å². The standard InChI is InChI=1S/C23H19Cl2N3O3/c24-19-11-10-17(12-20(19)25)15-31-21-9-5-4-8-18(21)14-27-28-23(30)22(29)26-13-16-6-2-1-3-7-16/h1-12,14H,13,15H2,(H,26,29)(H,28,30)/b27-14-. The number of halogens is 2. The fourth-order valence-electron chi connectivity index (χ4n) is 2.58. The summed E-state index contributed by atoms with van der Waals surface area (Å²) in [5.74, 6) is -1.08. The number of carbonyl (C=O) groups excluding carboxylic acids is 2. The molecule has 0 aliphatic carbocycles. The van der Waals surface area contributed by atoms with Crippen LogP contribution in [0.1, 0.15) is 16.7 Å². The van der Waals surface area contributed by atoms with E-state index in [0.717, 1.165) is 11.1 Å². The number of benzene rings is 3. The molecule has 0 bridgehead atoms. The first-order valence-electron chi connectivity index (χ1n) is 9.34. The number of rotatable bonds is 7. The van der Waals surface area contributed by atoms with Crippen molar-refractivity contribution < 1.29 is 14.3 Å². The van der Waals surface area contributed by atoms with Crippen LogP contribution in [-0.2, 0) is 22.7 Å². The van der Waals surface area contributed by atoms with Crippen LogP contribution in [0, 0.1) is 0 Å². The van der Waals surface area contributed by atoms with Gasteiger partial charge in [0.05, 0.1) is 16.3 Å². The number of nitrogens with one attached hydrogen (secondary N) is 2. The van der Waals surface area contributed by atoms with Crippen molar-refractivity contribution in [2.24, 2.45) is 5.10 Å². The van der Waals surface area contributed by atoms with Crippen molar-refractivity contribution in [2.75, 3.05) is 0 Å². The molecule has 0 aromatic heterocycles. The maximum atomic E-state index is 11.9. The van der Waals surface area contributed by atoms with Gasteiger partial charge in [0.2, 0.25) is 0 Å². The third-order valence-corrected chi connectivity index (χ3v) is 4.91. The minimum atomic E-state index is -0.860. The van der Waals surface area contributed by atoms with E-state index < -0.39 is 11.8 Å². The van der Waals surface area contributed by atoms with Crippen LogP contribution in [0.25, 0.3) is 0 Å². The summed E-state index contributed by atoms with van der Waals surface area (Å²) < 4.78 is 5.83. The second-order valence-corrected chi connectivity index (χ2v) is 7.26. The Morgan fingerprint density at radius 1 is 0.871 bits per heavy atom. The predicted octanol–water partition coefficient (Wildman–Crippen LogP) is 4.34. The lowest BCUT2D eigenvalue weighted by Crippen LogP contribution is -2.37. The number of hydrogen-bond donors (Lipinski definition) is 2. The lowest BCUT2D eigenvalue weighted by atomic mass is 10.2. The molecule has 3 aromatic rings. The maximum Gasteiger partial charge on any atom is 0.329 e. The molecule has 0 unspecified atom stereocenters. The molecule has 2 N–H and O–H groups in total. The summed E-state index contributed by atoms with van der Waals surface area (Å²) in [7, 11) is 0. The van der Waals surface area contributed by atoms with Gasteiger partial charge in [0.15, 0.2) is 0 Å². The second-order valence-electron chi connectivity index (χ2n) is 6.44. The second kappa shape index (κ2) is 11.2. The molecule has 0 spiro atoms. The molecule has 158 valence electrons. The van der Waals surface area contributed by atoms with Crippen LogP contribution in [0.4, 0.5) is 0 Å². The Bertz CT molecular complexity index is 1090. The zero-order valence-corrected chi connectivity index (χ0v) is 17.9. The summed E-state index contributed by atoms with van der Waals surface area (Å²) in [4.78, 5) is 23.8. The van der Waals surface area contributed by atoms with Crippen LogP contribution in [0.2, 0.25) is 10.0 Å². The average Bonchev–Trinajstić information content (AvgIpc) is 2.79. The van der Waals surface area contributed by atoms with Crippen LogP contribution in [0.5, 0.6) is 5.75 Å². The number of nitrogens with zero attached hydrogens (tertiary/aromatic N) is 1. The summed E-state index contributed by atoms with van der Waals surface area (Å²) >= 11 is 12.0. The highest BCUT2D eigenvalue weighted by atomic mass is 35.5. The van der Waals surface area contributed by atoms with Gasteiger partial charge in [-0.3, -0.25) is 9.59 Å². The molecular weight excluding hydrogens is 437 g/mol. The smallest absolute Gasteiger partial charge is 0.329 e. The van der Waals surface area contributed by atoms with E-state index in [4.69, 9.17) is 27.9 Å². The Labute approximate surface area is 189 Å². The van der Waals surface area contributed by atoms with E-state index in [2.05, 4.69) is 15.8 Å². The van der Waals surface area contributed by atoms with Crippen LogP contribution >= 0.6 is 23.2 Å². The molecule has 0 atom stereocenters. The van der Waals surface area contributed by atoms with E-state index >= 15 is 0 Å². The van der Waals surface area contributed by atoms with Gasteiger partial charge in [-0.15, -0.1) is 0 Å². The number of ether oxygens (including phenoxy) is 1. The molecule has 0 saturated carbocycles. The fraction of sp³-hybridized carbons (Fsp3) is 0.0870. The van der Waals surface area contributed by atoms with Gasteiger partial charge in [-0.25, -0.2) is 5.43 Å². The lowest BCUT2D eigenvalue weighted by Gasteiger charge is -2.09. The number of hydrogen-bond acceptors (Lipinski definition) is 4. The van der Waals surface area contributed by atoms with Crippen molar-refractivity contribution in [1.29, 1.82) is 0 Å². The van der Waals surface area contributed by atoms with Crippen molar-refractivity contribution >= 4 is 41.2 Å². The third-order valence-electron chi connectivity index (χ3n) is 4.17. The quantitative estimate of drug-likeness (QED) is 0.316. The zero-order chi connectivity index (χ0) is 22.1. The van der Waals surface area contributed by atoms with Gasteiger partial charge in [-0.05, 0) is 35.4 Å². The highest BCUT2D eigenvalue weighted by Gasteiger charge is 2.12. The van der Waals surface area contributed by atoms with Crippen molar-refractivity contribution in [2.45, 2.75) is 13.2 Å². The molecule has 0 fully saturated rings. The van der Waals surface area contributed by atoms with Crippen molar-refractivity contribution in [3.05, 3.63) is 99.5 Å². The number of hydrazone groups is 1. The predicted molar refractivity (Wildman–Crippen MR) is 121 cm³/mol. The Morgan fingerprint density at radius 3 is 2.39 bits per heavy atom. The summed E-state index contributed by atoms with van der Waals surface area (Å²) in [5, 5.41) is 7.31. The molecule has 0 aliphatic rings. The third kappa shape index (κ3) is 6.84. The Kier molecular flexibility index (Phi) is 8.04. The van der Waals surface area contributed by atoms with E-state index in [-0.39, 0.29) is 13.2 Å². The molecule has 0 aliphatic heterocycles. The first-order chi connectivity index (χ1) is 15.0. The minimum absolute atomic E-state index is 0.252. The van der Waals surface area contributed by atoms with Crippen molar-refractivity contribution in [3.63, 3.8) is 0 Å². The van der Waals surface area contributed by atoms with Crippen LogP contribution in [0.3, 0.4) is 0 Å². The van der Waals surface area contributed by atoms with Gasteiger partial charge in [0.1, 0.15) is 12.4 Å². The molecule has 31 heavy (non-hydrogen) atoms. The Hall–Kier alpha value is -3.35. The van der Waals surface area contributed by atoms with Crippen molar-refractivity contribution in [1.82, 2.24) is 10.7 Å². The lowest BCUT2D eigenvalue weighted by molar-refractivity contribution is -0.139.